The van der Waals surface area contributed by atoms with Crippen molar-refractivity contribution >= 4 is 0 Å². The molecule has 1 atom stereocenters. The molecule has 20 heavy (non-hydrogen) atoms. The minimum Gasteiger partial charge on any atom is -0.351 e. The van der Waals surface area contributed by atoms with Crippen LogP contribution in [0.2, 0.25) is 0 Å². The maximum Gasteiger partial charge on any atom is 0.0522 e. The number of nitrogens with zero attached hydrogens (tertiary/aromatic N) is 3. The average molecular weight is 272 g/mol. The maximum absolute atomic E-state index is 6.32. The largest absolute Gasteiger partial charge is 0.351 e. The highest BCUT2D eigenvalue weighted by Gasteiger charge is 2.32. The molecular weight excluding hydrogens is 248 g/mol. The van der Waals surface area contributed by atoms with E-state index in [4.69, 9.17) is 5.73 Å². The number of hydrogen-bond acceptors (Lipinski definition) is 2. The van der Waals surface area contributed by atoms with E-state index in [-0.39, 0.29) is 6.04 Å². The van der Waals surface area contributed by atoms with E-state index in [0.29, 0.717) is 5.41 Å². The predicted octanol–water partition coefficient (Wildman–Crippen LogP) is 2.44. The zero-order chi connectivity index (χ0) is 14.3. The van der Waals surface area contributed by atoms with Crippen molar-refractivity contribution in [2.24, 2.45) is 18.2 Å². The highest BCUT2D eigenvalue weighted by Crippen LogP contribution is 2.39. The first kappa shape index (κ1) is 13.4. The number of aryl methyl sites for hydroxylation is 3. The summed E-state index contributed by atoms with van der Waals surface area (Å²) in [5, 5.41) is 4.23. The standard InChI is InChI=1S/C16H24N4/c1-16(2)8-14(17)13-5-7-20(15(13)9-16)6-4-12-10-18-19(3)11-12/h5,7,10-11,14H,4,6,8-9,17H2,1-3H3. The van der Waals surface area contributed by atoms with E-state index in [9.17, 15) is 0 Å². The van der Waals surface area contributed by atoms with Crippen molar-refractivity contribution in [2.45, 2.75) is 45.7 Å². The fourth-order valence-electron chi connectivity index (χ4n) is 3.35. The first-order chi connectivity index (χ1) is 9.44. The maximum atomic E-state index is 6.32. The number of nitrogens with two attached hydrogens (primary N) is 1. The Balaban J connectivity index is 1.78. The summed E-state index contributed by atoms with van der Waals surface area (Å²) in [6.45, 7) is 5.63. The number of fused-ring (bicyclic) bond motifs is 1. The van der Waals surface area contributed by atoms with Gasteiger partial charge in [0.05, 0.1) is 6.20 Å². The van der Waals surface area contributed by atoms with Gasteiger partial charge in [-0.1, -0.05) is 13.8 Å². The summed E-state index contributed by atoms with van der Waals surface area (Å²) < 4.78 is 4.24. The minimum atomic E-state index is 0.188. The third kappa shape index (κ3) is 2.52. The quantitative estimate of drug-likeness (QED) is 0.933. The monoisotopic (exact) mass is 272 g/mol. The number of hydrogen-bond donors (Lipinski definition) is 1. The van der Waals surface area contributed by atoms with E-state index in [1.165, 1.54) is 16.8 Å². The molecule has 0 radical (unpaired) electrons. The van der Waals surface area contributed by atoms with Gasteiger partial charge in [0, 0.05) is 37.7 Å². The van der Waals surface area contributed by atoms with Crippen LogP contribution < -0.4 is 5.73 Å². The summed E-state index contributed by atoms with van der Waals surface area (Å²) in [5.74, 6) is 0. The third-order valence-corrected chi connectivity index (χ3v) is 4.33. The molecule has 2 aromatic heterocycles. The smallest absolute Gasteiger partial charge is 0.0522 e. The van der Waals surface area contributed by atoms with Crippen molar-refractivity contribution in [1.29, 1.82) is 0 Å². The van der Waals surface area contributed by atoms with Crippen molar-refractivity contribution in [2.75, 3.05) is 0 Å². The average Bonchev–Trinajstić information content (AvgIpc) is 2.92. The van der Waals surface area contributed by atoms with Gasteiger partial charge in [-0.05, 0) is 41.9 Å². The lowest BCUT2D eigenvalue weighted by atomic mass is 9.74. The van der Waals surface area contributed by atoms with Crippen LogP contribution in [0.15, 0.2) is 24.7 Å². The van der Waals surface area contributed by atoms with Crippen LogP contribution in [0.25, 0.3) is 0 Å². The van der Waals surface area contributed by atoms with Gasteiger partial charge in [0.25, 0.3) is 0 Å². The lowest BCUT2D eigenvalue weighted by Crippen LogP contribution is -2.30. The molecule has 1 aliphatic carbocycles. The highest BCUT2D eigenvalue weighted by atomic mass is 15.2. The molecular formula is C16H24N4. The van der Waals surface area contributed by atoms with Crippen molar-refractivity contribution < 1.29 is 0 Å². The molecule has 0 saturated heterocycles. The van der Waals surface area contributed by atoms with Gasteiger partial charge in [-0.2, -0.15) is 5.10 Å². The Labute approximate surface area is 120 Å². The van der Waals surface area contributed by atoms with Gasteiger partial charge in [-0.3, -0.25) is 4.68 Å². The topological polar surface area (TPSA) is 48.8 Å². The van der Waals surface area contributed by atoms with Crippen LogP contribution in [-0.4, -0.2) is 14.3 Å². The van der Waals surface area contributed by atoms with Gasteiger partial charge < -0.3 is 10.3 Å². The molecule has 0 aromatic carbocycles. The highest BCUT2D eigenvalue weighted by molar-refractivity contribution is 5.30. The van der Waals surface area contributed by atoms with Gasteiger partial charge in [0.2, 0.25) is 0 Å². The first-order valence-electron chi connectivity index (χ1n) is 7.36. The Kier molecular flexibility index (Phi) is 3.21. The molecule has 4 nitrogen and oxygen atoms in total. The second-order valence-electron chi connectivity index (χ2n) is 6.84. The summed E-state index contributed by atoms with van der Waals surface area (Å²) in [6, 6.07) is 2.40. The molecule has 2 heterocycles. The fourth-order valence-corrected chi connectivity index (χ4v) is 3.35. The van der Waals surface area contributed by atoms with Gasteiger partial charge in [-0.15, -0.1) is 0 Å². The third-order valence-electron chi connectivity index (χ3n) is 4.33. The fraction of sp³-hybridized carbons (Fsp3) is 0.562. The molecule has 108 valence electrons. The van der Waals surface area contributed by atoms with Crippen LogP contribution >= 0.6 is 0 Å². The summed E-state index contributed by atoms with van der Waals surface area (Å²) in [6.07, 6.45) is 9.45. The predicted molar refractivity (Wildman–Crippen MR) is 80.4 cm³/mol. The Bertz CT molecular complexity index is 606. The summed E-state index contributed by atoms with van der Waals surface area (Å²) in [5.41, 5.74) is 10.7. The summed E-state index contributed by atoms with van der Waals surface area (Å²) in [4.78, 5) is 0. The molecule has 0 amide bonds. The molecule has 4 heteroatoms. The zero-order valence-electron chi connectivity index (χ0n) is 12.6. The number of rotatable bonds is 3. The van der Waals surface area contributed by atoms with Crippen LogP contribution in [0.5, 0.6) is 0 Å². The van der Waals surface area contributed by atoms with Crippen molar-refractivity contribution in [3.8, 4) is 0 Å². The zero-order valence-corrected chi connectivity index (χ0v) is 12.6. The molecule has 1 aliphatic rings. The van der Waals surface area contributed by atoms with E-state index in [1.807, 2.05) is 17.9 Å². The van der Waals surface area contributed by atoms with Crippen LogP contribution in [0.3, 0.4) is 0 Å². The van der Waals surface area contributed by atoms with E-state index in [2.05, 4.69) is 42.0 Å². The Hall–Kier alpha value is -1.55. The van der Waals surface area contributed by atoms with Gasteiger partial charge >= 0.3 is 0 Å². The van der Waals surface area contributed by atoms with E-state index >= 15 is 0 Å². The van der Waals surface area contributed by atoms with E-state index < -0.39 is 0 Å². The van der Waals surface area contributed by atoms with Crippen molar-refractivity contribution in [3.63, 3.8) is 0 Å². The molecule has 1 unspecified atom stereocenters. The normalized spacial score (nSPS) is 20.9. The van der Waals surface area contributed by atoms with Gasteiger partial charge in [0.1, 0.15) is 0 Å². The molecule has 0 bridgehead atoms. The van der Waals surface area contributed by atoms with Crippen molar-refractivity contribution in [3.05, 3.63) is 41.5 Å². The second-order valence-corrected chi connectivity index (χ2v) is 6.84. The Morgan fingerprint density at radius 1 is 1.45 bits per heavy atom. The van der Waals surface area contributed by atoms with Crippen LogP contribution in [-0.2, 0) is 26.4 Å². The minimum absolute atomic E-state index is 0.188. The first-order valence-corrected chi connectivity index (χ1v) is 7.36. The van der Waals surface area contributed by atoms with Crippen LogP contribution in [0, 0.1) is 5.41 Å². The van der Waals surface area contributed by atoms with E-state index in [0.717, 1.165) is 25.8 Å². The molecule has 0 saturated carbocycles. The van der Waals surface area contributed by atoms with Gasteiger partial charge in [-0.25, -0.2) is 0 Å². The molecule has 0 fully saturated rings. The number of aromatic nitrogens is 3. The molecule has 2 N–H and O–H groups in total. The van der Waals surface area contributed by atoms with Gasteiger partial charge in [0.15, 0.2) is 0 Å². The summed E-state index contributed by atoms with van der Waals surface area (Å²) in [7, 11) is 1.96. The Morgan fingerprint density at radius 3 is 2.95 bits per heavy atom. The molecule has 0 spiro atoms. The molecule has 3 rings (SSSR count). The lowest BCUT2D eigenvalue weighted by Gasteiger charge is -2.34. The molecule has 0 aliphatic heterocycles. The SMILES string of the molecule is Cn1cc(CCn2ccc3c2CC(C)(C)CC3N)cn1. The van der Waals surface area contributed by atoms with Crippen LogP contribution in [0.1, 0.15) is 43.1 Å². The second kappa shape index (κ2) is 4.77. The van der Waals surface area contributed by atoms with E-state index in [1.54, 1.807) is 0 Å². The Morgan fingerprint density at radius 2 is 2.25 bits per heavy atom. The lowest BCUT2D eigenvalue weighted by molar-refractivity contribution is 0.275. The van der Waals surface area contributed by atoms with Crippen molar-refractivity contribution in [1.82, 2.24) is 14.3 Å². The summed E-state index contributed by atoms with van der Waals surface area (Å²) >= 11 is 0. The van der Waals surface area contributed by atoms with Crippen LogP contribution in [0.4, 0.5) is 0 Å². The molecule has 2 aromatic rings.